The normalized spacial score (nSPS) is 25.4. The number of aliphatic hydroxyl groups excluding tert-OH is 1. The number of benzene rings is 2. The Morgan fingerprint density at radius 2 is 1.50 bits per heavy atom. The van der Waals surface area contributed by atoms with Crippen molar-refractivity contribution >= 4 is 18.0 Å². The summed E-state index contributed by atoms with van der Waals surface area (Å²) in [7, 11) is 0. The maximum Gasteiger partial charge on any atom is 0.418 e. The number of fused-ring (bicyclic) bond motifs is 2. The lowest BCUT2D eigenvalue weighted by atomic mass is 10.1. The highest BCUT2D eigenvalue weighted by Crippen LogP contribution is 2.35. The fourth-order valence-electron chi connectivity index (χ4n) is 3.39. The zero-order chi connectivity index (χ0) is 19.7. The van der Waals surface area contributed by atoms with Crippen LogP contribution in [0.3, 0.4) is 0 Å². The molecule has 28 heavy (non-hydrogen) atoms. The minimum absolute atomic E-state index is 0.0371. The van der Waals surface area contributed by atoms with Gasteiger partial charge in [0.15, 0.2) is 12.4 Å². The molecule has 2 aliphatic heterocycles. The Labute approximate surface area is 160 Å². The number of aliphatic hydroxyl groups is 1. The minimum atomic E-state index is -1.34. The van der Waals surface area contributed by atoms with E-state index in [-0.39, 0.29) is 12.1 Å². The molecular formula is C20H17NO7. The van der Waals surface area contributed by atoms with Crippen LogP contribution in [-0.4, -0.2) is 59.1 Å². The van der Waals surface area contributed by atoms with Crippen LogP contribution in [0.1, 0.15) is 20.7 Å². The molecule has 8 heteroatoms. The molecular weight excluding hydrogens is 366 g/mol. The Morgan fingerprint density at radius 1 is 0.929 bits per heavy atom. The van der Waals surface area contributed by atoms with Gasteiger partial charge >= 0.3 is 18.0 Å². The van der Waals surface area contributed by atoms with Crippen molar-refractivity contribution in [2.45, 2.75) is 24.5 Å². The molecule has 2 aromatic rings. The Hall–Kier alpha value is -3.23. The third-order valence-corrected chi connectivity index (χ3v) is 4.72. The van der Waals surface area contributed by atoms with Crippen LogP contribution in [0.25, 0.3) is 0 Å². The number of hydrogen-bond donors (Lipinski definition) is 1. The molecule has 0 radical (unpaired) electrons. The summed E-state index contributed by atoms with van der Waals surface area (Å²) in [5.74, 6) is -1.39. The van der Waals surface area contributed by atoms with E-state index in [1.54, 1.807) is 48.5 Å². The van der Waals surface area contributed by atoms with Crippen molar-refractivity contribution in [3.63, 3.8) is 0 Å². The van der Waals surface area contributed by atoms with Gasteiger partial charge in [0.05, 0.1) is 17.7 Å². The molecule has 0 aliphatic carbocycles. The molecule has 2 aliphatic rings. The summed E-state index contributed by atoms with van der Waals surface area (Å²) in [4.78, 5) is 38.0. The summed E-state index contributed by atoms with van der Waals surface area (Å²) in [5.41, 5.74) is 0.570. The van der Waals surface area contributed by atoms with Crippen molar-refractivity contribution in [1.82, 2.24) is 4.90 Å². The highest BCUT2D eigenvalue weighted by molar-refractivity contribution is 5.96. The Kier molecular flexibility index (Phi) is 4.81. The van der Waals surface area contributed by atoms with Crippen molar-refractivity contribution < 1.29 is 33.7 Å². The quantitative estimate of drug-likeness (QED) is 0.634. The van der Waals surface area contributed by atoms with E-state index in [0.717, 1.165) is 4.90 Å². The van der Waals surface area contributed by atoms with Crippen molar-refractivity contribution in [3.05, 3.63) is 71.8 Å². The summed E-state index contributed by atoms with van der Waals surface area (Å²) in [6, 6.07) is 15.5. The monoisotopic (exact) mass is 383 g/mol. The van der Waals surface area contributed by atoms with Crippen molar-refractivity contribution in [2.75, 3.05) is 6.54 Å². The molecule has 4 atom stereocenters. The lowest BCUT2D eigenvalue weighted by Gasteiger charge is -2.28. The third kappa shape index (κ3) is 3.35. The van der Waals surface area contributed by atoms with Gasteiger partial charge in [-0.05, 0) is 24.3 Å². The molecule has 2 saturated heterocycles. The number of carbonyl (C=O) groups excluding carboxylic acids is 3. The van der Waals surface area contributed by atoms with Gasteiger partial charge in [-0.25, -0.2) is 14.4 Å². The van der Waals surface area contributed by atoms with Crippen LogP contribution in [-0.2, 0) is 14.2 Å². The first-order valence-electron chi connectivity index (χ1n) is 8.72. The second kappa shape index (κ2) is 7.41. The summed E-state index contributed by atoms with van der Waals surface area (Å²) in [5, 5.41) is 10.1. The largest absolute Gasteiger partial charge is 0.454 e. The number of hydrogen-bond acceptors (Lipinski definition) is 7. The number of esters is 2. The Morgan fingerprint density at radius 3 is 2.11 bits per heavy atom. The minimum Gasteiger partial charge on any atom is -0.454 e. The molecule has 0 unspecified atom stereocenters. The number of rotatable bonds is 3. The van der Waals surface area contributed by atoms with E-state index in [1.165, 1.54) is 12.1 Å². The van der Waals surface area contributed by atoms with Crippen LogP contribution in [0, 0.1) is 0 Å². The number of amides is 1. The third-order valence-electron chi connectivity index (χ3n) is 4.72. The van der Waals surface area contributed by atoms with E-state index in [0.29, 0.717) is 5.56 Å². The van der Waals surface area contributed by atoms with Gasteiger partial charge in [-0.1, -0.05) is 36.4 Å². The highest BCUT2D eigenvalue weighted by Gasteiger charge is 2.58. The van der Waals surface area contributed by atoms with E-state index in [4.69, 9.17) is 14.2 Å². The standard InChI is InChI=1S/C20H17NO7/c22-17(12-7-3-1-4-8-12)27-16-14-11-21(15(16)19(24)26-14)20(25)28-18(23)13-9-5-2-6-10-13/h1-10,14-16,19,24H,11H2/t14-,15+,16+,19+/m1/s1. The molecule has 0 saturated carbocycles. The van der Waals surface area contributed by atoms with Crippen molar-refractivity contribution in [2.24, 2.45) is 0 Å². The Bertz CT molecular complexity index is 886. The SMILES string of the molecule is O=C(OC(=O)N1C[C@H]2O[C@H](O)[C@@H]1[C@H]2OC(=O)c1ccccc1)c1ccccc1. The average Bonchev–Trinajstić information content (AvgIpc) is 3.21. The van der Waals surface area contributed by atoms with Crippen LogP contribution in [0.5, 0.6) is 0 Å². The van der Waals surface area contributed by atoms with Gasteiger partial charge in [0.2, 0.25) is 0 Å². The number of likely N-dealkylation sites (tertiary alicyclic amines) is 1. The number of ether oxygens (including phenoxy) is 3. The fourth-order valence-corrected chi connectivity index (χ4v) is 3.39. The number of nitrogens with zero attached hydrogens (tertiary/aromatic N) is 1. The predicted octanol–water partition coefficient (Wildman–Crippen LogP) is 1.59. The van der Waals surface area contributed by atoms with Gasteiger partial charge in [-0.15, -0.1) is 0 Å². The molecule has 144 valence electrons. The first kappa shape index (κ1) is 18.1. The number of morpholine rings is 1. The van der Waals surface area contributed by atoms with Crippen LogP contribution in [0.2, 0.25) is 0 Å². The molecule has 2 heterocycles. The molecule has 8 nitrogen and oxygen atoms in total. The number of carbonyl (C=O) groups is 3. The van der Waals surface area contributed by atoms with Crippen LogP contribution in [0.4, 0.5) is 4.79 Å². The van der Waals surface area contributed by atoms with Crippen molar-refractivity contribution in [1.29, 1.82) is 0 Å². The molecule has 0 spiro atoms. The van der Waals surface area contributed by atoms with E-state index in [2.05, 4.69) is 0 Å². The first-order valence-corrected chi connectivity index (χ1v) is 8.72. The second-order valence-corrected chi connectivity index (χ2v) is 6.47. The van der Waals surface area contributed by atoms with E-state index in [9.17, 15) is 19.5 Å². The lowest BCUT2D eigenvalue weighted by Crippen LogP contribution is -2.48. The van der Waals surface area contributed by atoms with Crippen molar-refractivity contribution in [3.8, 4) is 0 Å². The molecule has 4 rings (SSSR count). The fraction of sp³-hybridized carbons (Fsp3) is 0.250. The average molecular weight is 383 g/mol. The maximum atomic E-state index is 12.4. The smallest absolute Gasteiger partial charge is 0.418 e. The second-order valence-electron chi connectivity index (χ2n) is 6.47. The summed E-state index contributed by atoms with van der Waals surface area (Å²) in [6.07, 6.45) is -3.83. The molecule has 1 N–H and O–H groups in total. The first-order chi connectivity index (χ1) is 13.5. The van der Waals surface area contributed by atoms with E-state index >= 15 is 0 Å². The van der Waals surface area contributed by atoms with E-state index in [1.807, 2.05) is 0 Å². The summed E-state index contributed by atoms with van der Waals surface area (Å²) < 4.78 is 15.7. The van der Waals surface area contributed by atoms with Crippen LogP contribution >= 0.6 is 0 Å². The zero-order valence-electron chi connectivity index (χ0n) is 14.6. The predicted molar refractivity (Wildman–Crippen MR) is 94.3 cm³/mol. The van der Waals surface area contributed by atoms with Crippen LogP contribution < -0.4 is 0 Å². The molecule has 2 bridgehead atoms. The highest BCUT2D eigenvalue weighted by atomic mass is 16.7. The molecule has 2 fully saturated rings. The lowest BCUT2D eigenvalue weighted by molar-refractivity contribution is -0.143. The van der Waals surface area contributed by atoms with Crippen LogP contribution in [0.15, 0.2) is 60.7 Å². The topological polar surface area (TPSA) is 102 Å². The summed E-state index contributed by atoms with van der Waals surface area (Å²) in [6.45, 7) is 0.0371. The van der Waals surface area contributed by atoms with Gasteiger partial charge in [-0.3, -0.25) is 4.90 Å². The van der Waals surface area contributed by atoms with Gasteiger partial charge in [0.25, 0.3) is 0 Å². The zero-order valence-corrected chi connectivity index (χ0v) is 14.6. The van der Waals surface area contributed by atoms with Gasteiger partial charge in [-0.2, -0.15) is 0 Å². The van der Waals surface area contributed by atoms with E-state index < -0.39 is 42.6 Å². The molecule has 0 aromatic heterocycles. The molecule has 1 amide bonds. The van der Waals surface area contributed by atoms with Gasteiger partial charge in [0, 0.05) is 0 Å². The van der Waals surface area contributed by atoms with Gasteiger partial charge in [0.1, 0.15) is 12.1 Å². The van der Waals surface area contributed by atoms with Gasteiger partial charge < -0.3 is 19.3 Å². The summed E-state index contributed by atoms with van der Waals surface area (Å²) >= 11 is 0. The Balaban J connectivity index is 1.44. The maximum absolute atomic E-state index is 12.4. The molecule has 2 aromatic carbocycles.